The van der Waals surface area contributed by atoms with Crippen molar-refractivity contribution in [2.45, 2.75) is 13.3 Å². The maximum absolute atomic E-state index is 11.4. The molecule has 8 heteroatoms. The molecule has 8 nitrogen and oxygen atoms in total. The third-order valence-corrected chi connectivity index (χ3v) is 2.66. The van der Waals surface area contributed by atoms with Gasteiger partial charge in [0.15, 0.2) is 0 Å². The van der Waals surface area contributed by atoms with Gasteiger partial charge in [-0.05, 0) is 12.5 Å². The van der Waals surface area contributed by atoms with Crippen molar-refractivity contribution in [1.29, 1.82) is 0 Å². The number of hydrogen-bond donors (Lipinski definition) is 2. The monoisotopic (exact) mass is 287 g/mol. The van der Waals surface area contributed by atoms with Gasteiger partial charge >= 0.3 is 0 Å². The number of nitro benzene ring substituents is 1. The summed E-state index contributed by atoms with van der Waals surface area (Å²) in [6, 6.07) is 7.61. The van der Waals surface area contributed by atoms with E-state index in [2.05, 4.69) is 20.5 Å². The summed E-state index contributed by atoms with van der Waals surface area (Å²) in [7, 11) is 0. The van der Waals surface area contributed by atoms with Crippen LogP contribution < -0.4 is 11.0 Å². The molecule has 0 saturated carbocycles. The number of H-pyrrole nitrogens is 1. The molecule has 1 heterocycles. The lowest BCUT2D eigenvalue weighted by atomic mass is 10.2. The standard InChI is InChI=1S/C13H13N5O3/c1-2-10-7-12(19)16-13(15-10)17-14-8-9-5-3-4-6-11(9)18(20)21/h3-8H,2H2,1H3,(H2,15,16,17,19)/b14-8-. The van der Waals surface area contributed by atoms with Crippen LogP contribution in [-0.4, -0.2) is 21.1 Å². The minimum atomic E-state index is -0.487. The average molecular weight is 287 g/mol. The van der Waals surface area contributed by atoms with Gasteiger partial charge in [0.1, 0.15) is 0 Å². The van der Waals surface area contributed by atoms with Crippen molar-refractivity contribution in [3.8, 4) is 0 Å². The molecule has 108 valence electrons. The van der Waals surface area contributed by atoms with Crippen LogP contribution >= 0.6 is 0 Å². The Balaban J connectivity index is 2.18. The Morgan fingerprint density at radius 1 is 1.48 bits per heavy atom. The highest BCUT2D eigenvalue weighted by molar-refractivity contribution is 5.85. The van der Waals surface area contributed by atoms with Crippen LogP contribution in [0.4, 0.5) is 11.6 Å². The minimum Gasteiger partial charge on any atom is -0.291 e. The zero-order valence-corrected chi connectivity index (χ0v) is 11.2. The molecule has 0 aliphatic carbocycles. The van der Waals surface area contributed by atoms with Crippen LogP contribution in [-0.2, 0) is 6.42 Å². The zero-order chi connectivity index (χ0) is 15.2. The molecule has 0 spiro atoms. The zero-order valence-electron chi connectivity index (χ0n) is 11.2. The number of nitrogens with zero attached hydrogens (tertiary/aromatic N) is 3. The molecule has 2 aromatic rings. The second kappa shape index (κ2) is 6.42. The van der Waals surface area contributed by atoms with Crippen LogP contribution in [0.3, 0.4) is 0 Å². The number of para-hydroxylation sites is 1. The maximum atomic E-state index is 11.4. The van der Waals surface area contributed by atoms with Gasteiger partial charge in [0.2, 0.25) is 5.95 Å². The summed E-state index contributed by atoms with van der Waals surface area (Å²) in [5.41, 5.74) is 3.20. The van der Waals surface area contributed by atoms with Crippen LogP contribution in [0.25, 0.3) is 0 Å². The van der Waals surface area contributed by atoms with Gasteiger partial charge < -0.3 is 0 Å². The molecule has 0 bridgehead atoms. The quantitative estimate of drug-likeness (QED) is 0.493. The van der Waals surface area contributed by atoms with E-state index in [9.17, 15) is 14.9 Å². The largest absolute Gasteiger partial charge is 0.291 e. The van der Waals surface area contributed by atoms with Gasteiger partial charge in [-0.1, -0.05) is 19.1 Å². The Kier molecular flexibility index (Phi) is 4.39. The molecule has 0 atom stereocenters. The summed E-state index contributed by atoms with van der Waals surface area (Å²) in [5.74, 6) is 0.189. The van der Waals surface area contributed by atoms with Gasteiger partial charge in [0, 0.05) is 17.8 Å². The summed E-state index contributed by atoms with van der Waals surface area (Å²) in [6.45, 7) is 1.88. The first-order valence-electron chi connectivity index (χ1n) is 6.23. The lowest BCUT2D eigenvalue weighted by Gasteiger charge is -2.01. The van der Waals surface area contributed by atoms with E-state index in [4.69, 9.17) is 0 Å². The number of aromatic amines is 1. The molecule has 0 saturated heterocycles. The molecule has 2 rings (SSSR count). The number of hydrogen-bond acceptors (Lipinski definition) is 6. The van der Waals surface area contributed by atoms with Gasteiger partial charge in [-0.2, -0.15) is 5.10 Å². The van der Waals surface area contributed by atoms with Crippen molar-refractivity contribution in [3.05, 3.63) is 62.1 Å². The molecule has 1 aromatic carbocycles. The first kappa shape index (κ1) is 14.4. The Bertz CT molecular complexity index is 739. The second-order valence-corrected chi connectivity index (χ2v) is 4.12. The van der Waals surface area contributed by atoms with Crippen molar-refractivity contribution < 1.29 is 4.92 Å². The molecule has 21 heavy (non-hydrogen) atoms. The third kappa shape index (κ3) is 3.72. The lowest BCUT2D eigenvalue weighted by molar-refractivity contribution is -0.385. The molecule has 2 N–H and O–H groups in total. The topological polar surface area (TPSA) is 113 Å². The van der Waals surface area contributed by atoms with E-state index in [0.29, 0.717) is 17.7 Å². The molecule has 0 aliphatic heterocycles. The number of aromatic nitrogens is 2. The number of aryl methyl sites for hydroxylation is 1. The minimum absolute atomic E-state index is 0.0492. The van der Waals surface area contributed by atoms with Gasteiger partial charge in [-0.15, -0.1) is 0 Å². The highest BCUT2D eigenvalue weighted by Crippen LogP contribution is 2.15. The first-order valence-corrected chi connectivity index (χ1v) is 6.23. The van der Waals surface area contributed by atoms with E-state index in [-0.39, 0.29) is 17.2 Å². The predicted octanol–water partition coefficient (Wildman–Crippen LogP) is 1.69. The van der Waals surface area contributed by atoms with E-state index in [1.807, 2.05) is 6.92 Å². The number of nitrogens with one attached hydrogen (secondary N) is 2. The van der Waals surface area contributed by atoms with Crippen molar-refractivity contribution >= 4 is 17.9 Å². The Labute approximate surface area is 119 Å². The fraction of sp³-hybridized carbons (Fsp3) is 0.154. The predicted molar refractivity (Wildman–Crippen MR) is 78.5 cm³/mol. The molecular formula is C13H13N5O3. The lowest BCUT2D eigenvalue weighted by Crippen LogP contribution is -2.11. The van der Waals surface area contributed by atoms with Gasteiger partial charge in [0.05, 0.1) is 16.7 Å². The molecule has 0 unspecified atom stereocenters. The van der Waals surface area contributed by atoms with E-state index >= 15 is 0 Å². The molecular weight excluding hydrogens is 274 g/mol. The van der Waals surface area contributed by atoms with Crippen molar-refractivity contribution in [1.82, 2.24) is 9.97 Å². The number of rotatable bonds is 5. The van der Waals surface area contributed by atoms with Gasteiger partial charge in [0.25, 0.3) is 11.2 Å². The van der Waals surface area contributed by atoms with Crippen LogP contribution in [0, 0.1) is 10.1 Å². The first-order chi connectivity index (χ1) is 10.1. The molecule has 0 fully saturated rings. The van der Waals surface area contributed by atoms with Crippen molar-refractivity contribution in [2.24, 2.45) is 5.10 Å². The van der Waals surface area contributed by atoms with Gasteiger partial charge in [-0.25, -0.2) is 10.4 Å². The number of hydrazone groups is 1. The van der Waals surface area contributed by atoms with E-state index in [1.165, 1.54) is 18.3 Å². The molecule has 0 amide bonds. The fourth-order valence-corrected chi connectivity index (χ4v) is 1.67. The summed E-state index contributed by atoms with van der Waals surface area (Å²) in [4.78, 5) is 28.3. The normalized spacial score (nSPS) is 10.7. The number of nitro groups is 1. The summed E-state index contributed by atoms with van der Waals surface area (Å²) >= 11 is 0. The molecule has 1 aromatic heterocycles. The molecule has 0 radical (unpaired) electrons. The smallest absolute Gasteiger partial charge is 0.278 e. The molecule has 0 aliphatic rings. The SMILES string of the molecule is CCc1cc(=O)[nH]c(N/N=C\c2ccccc2[N+](=O)[O-])n1. The van der Waals surface area contributed by atoms with Gasteiger partial charge in [-0.3, -0.25) is 19.9 Å². The van der Waals surface area contributed by atoms with Crippen LogP contribution in [0.1, 0.15) is 18.2 Å². The second-order valence-electron chi connectivity index (χ2n) is 4.12. The Morgan fingerprint density at radius 2 is 2.24 bits per heavy atom. The Morgan fingerprint density at radius 3 is 2.95 bits per heavy atom. The number of anilines is 1. The van der Waals surface area contributed by atoms with Crippen LogP contribution in [0.5, 0.6) is 0 Å². The highest BCUT2D eigenvalue weighted by atomic mass is 16.6. The van der Waals surface area contributed by atoms with E-state index in [1.54, 1.807) is 18.2 Å². The highest BCUT2D eigenvalue weighted by Gasteiger charge is 2.09. The van der Waals surface area contributed by atoms with Crippen molar-refractivity contribution in [3.63, 3.8) is 0 Å². The summed E-state index contributed by atoms with van der Waals surface area (Å²) < 4.78 is 0. The number of benzene rings is 1. The summed E-state index contributed by atoms with van der Waals surface area (Å²) in [5, 5.41) is 14.7. The average Bonchev–Trinajstić information content (AvgIpc) is 2.47. The third-order valence-electron chi connectivity index (χ3n) is 2.66. The van der Waals surface area contributed by atoms with Crippen LogP contribution in [0.2, 0.25) is 0 Å². The fourth-order valence-electron chi connectivity index (χ4n) is 1.67. The van der Waals surface area contributed by atoms with Crippen molar-refractivity contribution in [2.75, 3.05) is 5.43 Å². The van der Waals surface area contributed by atoms with E-state index in [0.717, 1.165) is 0 Å². The maximum Gasteiger partial charge on any atom is 0.278 e. The van der Waals surface area contributed by atoms with E-state index < -0.39 is 4.92 Å². The van der Waals surface area contributed by atoms with Crippen LogP contribution in [0.15, 0.2) is 40.2 Å². The Hall–Kier alpha value is -3.03. The summed E-state index contributed by atoms with van der Waals surface area (Å²) in [6.07, 6.45) is 1.92.